The number of anilines is 1. The van der Waals surface area contributed by atoms with Crippen molar-refractivity contribution < 1.29 is 9.90 Å². The van der Waals surface area contributed by atoms with Crippen LogP contribution in [0.2, 0.25) is 0 Å². The summed E-state index contributed by atoms with van der Waals surface area (Å²) < 4.78 is 1.71. The van der Waals surface area contributed by atoms with Gasteiger partial charge in [-0.25, -0.2) is 9.97 Å². The topological polar surface area (TPSA) is 96.2 Å². The number of nitrogens with one attached hydrogen (secondary N) is 1. The Morgan fingerprint density at radius 1 is 1.43 bits per heavy atom. The summed E-state index contributed by atoms with van der Waals surface area (Å²) in [7, 11) is 1.80. The Labute approximate surface area is 134 Å². The highest BCUT2D eigenvalue weighted by Crippen LogP contribution is 2.23. The van der Waals surface area contributed by atoms with Crippen LogP contribution >= 0.6 is 0 Å². The summed E-state index contributed by atoms with van der Waals surface area (Å²) in [6.45, 7) is 1.41. The summed E-state index contributed by atoms with van der Waals surface area (Å²) in [6, 6.07) is 0. The average molecular weight is 316 g/mol. The Morgan fingerprint density at radius 3 is 3.00 bits per heavy atom. The molecule has 2 N–H and O–H groups in total. The van der Waals surface area contributed by atoms with Crippen LogP contribution in [-0.2, 0) is 7.05 Å². The summed E-state index contributed by atoms with van der Waals surface area (Å²) >= 11 is 0. The fraction of sp³-hybridized carbons (Fsp3) is 0.467. The zero-order valence-corrected chi connectivity index (χ0v) is 13.0. The molecule has 0 aliphatic carbocycles. The van der Waals surface area contributed by atoms with Crippen LogP contribution in [-0.4, -0.2) is 55.8 Å². The van der Waals surface area contributed by atoms with Crippen molar-refractivity contribution in [3.05, 3.63) is 36.8 Å². The van der Waals surface area contributed by atoms with E-state index in [4.69, 9.17) is 0 Å². The molecule has 0 saturated carbocycles. The highest BCUT2D eigenvalue weighted by Gasteiger charge is 2.34. The number of hydrogen-bond acceptors (Lipinski definition) is 6. The number of β-amino-alcohol motifs (C(OH)–C–C–N with tert-alkyl or cyclic N) is 1. The van der Waals surface area contributed by atoms with Gasteiger partial charge in [0.15, 0.2) is 0 Å². The minimum absolute atomic E-state index is 0.180. The van der Waals surface area contributed by atoms with Crippen molar-refractivity contribution in [1.29, 1.82) is 0 Å². The van der Waals surface area contributed by atoms with Crippen LogP contribution in [0.5, 0.6) is 0 Å². The van der Waals surface area contributed by atoms with Crippen molar-refractivity contribution in [2.75, 3.05) is 24.5 Å². The Bertz CT molecular complexity index is 674. The molecule has 8 nitrogen and oxygen atoms in total. The predicted octanol–water partition coefficient (Wildman–Crippen LogP) is -0.0286. The summed E-state index contributed by atoms with van der Waals surface area (Å²) in [5, 5.41) is 13.5. The molecule has 0 spiro atoms. The number of aryl methyl sites for hydroxylation is 1. The van der Waals surface area contributed by atoms with Gasteiger partial charge in [0.25, 0.3) is 5.91 Å². The number of nitrogens with zero attached hydrogens (tertiary/aromatic N) is 5. The first-order valence-corrected chi connectivity index (χ1v) is 7.55. The third-order valence-electron chi connectivity index (χ3n) is 3.94. The molecule has 1 amide bonds. The Balaban J connectivity index is 1.61. The van der Waals surface area contributed by atoms with Crippen molar-refractivity contribution in [3.8, 4) is 0 Å². The number of rotatable bonds is 4. The first-order valence-electron chi connectivity index (χ1n) is 7.55. The van der Waals surface area contributed by atoms with E-state index in [0.29, 0.717) is 18.7 Å². The number of carbonyl (C=O) groups excluding carboxylic acids is 1. The molecule has 3 heterocycles. The van der Waals surface area contributed by atoms with Crippen LogP contribution in [0.15, 0.2) is 31.1 Å². The second kappa shape index (κ2) is 6.33. The lowest BCUT2D eigenvalue weighted by atomic mass is 9.92. The van der Waals surface area contributed by atoms with Gasteiger partial charge in [-0.1, -0.05) is 0 Å². The number of imidazole rings is 1. The normalized spacial score (nSPS) is 21.2. The van der Waals surface area contributed by atoms with E-state index in [1.54, 1.807) is 42.7 Å². The van der Waals surface area contributed by atoms with Gasteiger partial charge in [0.2, 0.25) is 0 Å². The SMILES string of the molecule is Cn1cnc(C(=O)NC[C@]2(O)CCCN(c3cnccn3)C2)c1. The van der Waals surface area contributed by atoms with E-state index in [1.807, 2.05) is 4.90 Å². The Morgan fingerprint density at radius 2 is 2.30 bits per heavy atom. The molecule has 0 bridgehead atoms. The van der Waals surface area contributed by atoms with E-state index in [9.17, 15) is 9.90 Å². The van der Waals surface area contributed by atoms with Crippen molar-refractivity contribution in [2.24, 2.45) is 7.05 Å². The second-order valence-corrected chi connectivity index (χ2v) is 5.92. The maximum absolute atomic E-state index is 12.1. The molecular formula is C15H20N6O2. The van der Waals surface area contributed by atoms with Gasteiger partial charge in [-0.2, -0.15) is 0 Å². The minimum Gasteiger partial charge on any atom is -0.386 e. The van der Waals surface area contributed by atoms with E-state index in [0.717, 1.165) is 18.8 Å². The molecular weight excluding hydrogens is 296 g/mol. The van der Waals surface area contributed by atoms with Crippen LogP contribution in [0, 0.1) is 0 Å². The van der Waals surface area contributed by atoms with Gasteiger partial charge in [0.1, 0.15) is 11.5 Å². The molecule has 1 aliphatic rings. The minimum atomic E-state index is -0.986. The van der Waals surface area contributed by atoms with E-state index < -0.39 is 5.60 Å². The van der Waals surface area contributed by atoms with Crippen molar-refractivity contribution in [1.82, 2.24) is 24.8 Å². The van der Waals surface area contributed by atoms with Gasteiger partial charge < -0.3 is 19.9 Å². The first-order chi connectivity index (χ1) is 11.1. The molecule has 0 unspecified atom stereocenters. The lowest BCUT2D eigenvalue weighted by molar-refractivity contribution is 0.0253. The molecule has 1 saturated heterocycles. The zero-order valence-electron chi connectivity index (χ0n) is 13.0. The first kappa shape index (κ1) is 15.4. The van der Waals surface area contributed by atoms with Crippen LogP contribution in [0.4, 0.5) is 5.82 Å². The molecule has 8 heteroatoms. The fourth-order valence-electron chi connectivity index (χ4n) is 2.77. The second-order valence-electron chi connectivity index (χ2n) is 5.92. The van der Waals surface area contributed by atoms with Gasteiger partial charge in [-0.3, -0.25) is 9.78 Å². The molecule has 23 heavy (non-hydrogen) atoms. The van der Waals surface area contributed by atoms with Gasteiger partial charge >= 0.3 is 0 Å². The molecule has 1 aliphatic heterocycles. The zero-order chi connectivity index (χ0) is 16.3. The molecule has 0 aromatic carbocycles. The standard InChI is InChI=1S/C15H20N6O2/c1-20-8-12(19-11-20)14(22)18-9-15(23)3-2-6-21(10-15)13-7-16-4-5-17-13/h4-5,7-8,11,23H,2-3,6,9-10H2,1H3,(H,18,22)/t15-/m1/s1. The lowest BCUT2D eigenvalue weighted by Crippen LogP contribution is -2.54. The molecule has 3 rings (SSSR count). The Kier molecular flexibility index (Phi) is 4.24. The summed E-state index contributed by atoms with van der Waals surface area (Å²) in [5.74, 6) is 0.456. The molecule has 1 atom stereocenters. The van der Waals surface area contributed by atoms with E-state index >= 15 is 0 Å². The van der Waals surface area contributed by atoms with Gasteiger partial charge in [-0.05, 0) is 12.8 Å². The molecule has 2 aromatic heterocycles. The van der Waals surface area contributed by atoms with Crippen LogP contribution in [0.3, 0.4) is 0 Å². The molecule has 2 aromatic rings. The maximum atomic E-state index is 12.1. The van der Waals surface area contributed by atoms with E-state index in [1.165, 1.54) is 0 Å². The van der Waals surface area contributed by atoms with Gasteiger partial charge in [-0.15, -0.1) is 0 Å². The highest BCUT2D eigenvalue weighted by atomic mass is 16.3. The van der Waals surface area contributed by atoms with Crippen LogP contribution in [0.1, 0.15) is 23.3 Å². The summed E-state index contributed by atoms with van der Waals surface area (Å²) in [5.41, 5.74) is -0.641. The highest BCUT2D eigenvalue weighted by molar-refractivity contribution is 5.92. The van der Waals surface area contributed by atoms with Crippen molar-refractivity contribution >= 4 is 11.7 Å². The third kappa shape index (κ3) is 3.65. The van der Waals surface area contributed by atoms with E-state index in [-0.39, 0.29) is 12.5 Å². The molecule has 122 valence electrons. The Hall–Kier alpha value is -2.48. The largest absolute Gasteiger partial charge is 0.386 e. The molecule has 1 fully saturated rings. The third-order valence-corrected chi connectivity index (χ3v) is 3.94. The number of hydrogen-bond donors (Lipinski definition) is 2. The molecule has 0 radical (unpaired) electrons. The summed E-state index contributed by atoms with van der Waals surface area (Å²) in [6.07, 6.45) is 9.60. The lowest BCUT2D eigenvalue weighted by Gasteiger charge is -2.39. The number of piperidine rings is 1. The number of aromatic nitrogens is 4. The van der Waals surface area contributed by atoms with E-state index in [2.05, 4.69) is 20.3 Å². The quantitative estimate of drug-likeness (QED) is 0.822. The maximum Gasteiger partial charge on any atom is 0.271 e. The average Bonchev–Trinajstić information content (AvgIpc) is 3.00. The van der Waals surface area contributed by atoms with Crippen molar-refractivity contribution in [2.45, 2.75) is 18.4 Å². The summed E-state index contributed by atoms with van der Waals surface area (Å²) in [4.78, 5) is 26.4. The van der Waals surface area contributed by atoms with Gasteiger partial charge in [0.05, 0.1) is 18.1 Å². The monoisotopic (exact) mass is 316 g/mol. The fourth-order valence-corrected chi connectivity index (χ4v) is 2.77. The smallest absolute Gasteiger partial charge is 0.271 e. The van der Waals surface area contributed by atoms with Crippen molar-refractivity contribution in [3.63, 3.8) is 0 Å². The predicted molar refractivity (Wildman–Crippen MR) is 84.0 cm³/mol. The number of aliphatic hydroxyl groups is 1. The number of carbonyl (C=O) groups is 1. The number of amides is 1. The van der Waals surface area contributed by atoms with Crippen LogP contribution < -0.4 is 10.2 Å². The van der Waals surface area contributed by atoms with Crippen LogP contribution in [0.25, 0.3) is 0 Å². The van der Waals surface area contributed by atoms with Gasteiger partial charge in [0, 0.05) is 45.3 Å².